The number of ether oxygens (including phenoxy) is 2. The zero-order valence-electron chi connectivity index (χ0n) is 32.7. The van der Waals surface area contributed by atoms with E-state index in [1.165, 1.54) is 83.5 Å². The molecule has 0 aromatic carbocycles. The van der Waals surface area contributed by atoms with Crippen molar-refractivity contribution in [3.8, 4) is 0 Å². The van der Waals surface area contributed by atoms with Crippen molar-refractivity contribution in [2.75, 3.05) is 13.2 Å². The highest BCUT2D eigenvalue weighted by atomic mass is 16.7. The molecule has 304 valence electrons. The van der Waals surface area contributed by atoms with Crippen LogP contribution in [0.1, 0.15) is 162 Å². The Morgan fingerprint density at radius 3 is 1.67 bits per heavy atom. The SMILES string of the molecule is CCCCCCCC/C=C/CC/C=C/C(O)C(COC1OC(CO)C(O)C(O)C1O)NC(=O)C(O)CCCCCC/C=C\CCCCCCCCC. The Bertz CT molecular complexity index is 927. The normalized spacial score (nSPS) is 22.8. The summed E-state index contributed by atoms with van der Waals surface area (Å²) in [5, 5.41) is 64.3. The molecule has 8 unspecified atom stereocenters. The van der Waals surface area contributed by atoms with Crippen molar-refractivity contribution in [1.82, 2.24) is 5.32 Å². The Hall–Kier alpha value is -1.63. The Balaban J connectivity index is 2.51. The van der Waals surface area contributed by atoms with Crippen LogP contribution in [0.4, 0.5) is 0 Å². The lowest BCUT2D eigenvalue weighted by atomic mass is 9.99. The molecule has 1 heterocycles. The number of amides is 1. The predicted octanol–water partition coefficient (Wildman–Crippen LogP) is 6.69. The number of rotatable bonds is 33. The average Bonchev–Trinajstić information content (AvgIpc) is 3.14. The van der Waals surface area contributed by atoms with Gasteiger partial charge in [-0.3, -0.25) is 4.79 Å². The molecular weight excluding hydrogens is 662 g/mol. The smallest absolute Gasteiger partial charge is 0.249 e. The third-order valence-corrected chi connectivity index (χ3v) is 9.79. The average molecular weight is 740 g/mol. The van der Waals surface area contributed by atoms with Gasteiger partial charge in [-0.15, -0.1) is 0 Å². The van der Waals surface area contributed by atoms with Crippen molar-refractivity contribution in [2.24, 2.45) is 0 Å². The number of carbonyl (C=O) groups is 1. The number of carbonyl (C=O) groups excluding carboxylic acids is 1. The van der Waals surface area contributed by atoms with Gasteiger partial charge in [0.1, 0.15) is 30.5 Å². The van der Waals surface area contributed by atoms with Gasteiger partial charge < -0.3 is 45.4 Å². The molecule has 10 heteroatoms. The first-order valence-corrected chi connectivity index (χ1v) is 20.8. The van der Waals surface area contributed by atoms with Gasteiger partial charge in [-0.1, -0.05) is 140 Å². The van der Waals surface area contributed by atoms with Crippen molar-refractivity contribution in [3.05, 3.63) is 36.5 Å². The molecule has 0 spiro atoms. The number of hydrogen-bond acceptors (Lipinski definition) is 9. The molecule has 0 aliphatic carbocycles. The Morgan fingerprint density at radius 2 is 1.13 bits per heavy atom. The van der Waals surface area contributed by atoms with Crippen LogP contribution in [0.25, 0.3) is 0 Å². The molecule has 8 atom stereocenters. The Morgan fingerprint density at radius 1 is 0.654 bits per heavy atom. The van der Waals surface area contributed by atoms with Gasteiger partial charge in [-0.05, 0) is 57.8 Å². The summed E-state index contributed by atoms with van der Waals surface area (Å²) >= 11 is 0. The van der Waals surface area contributed by atoms with E-state index in [1.54, 1.807) is 6.08 Å². The van der Waals surface area contributed by atoms with E-state index < -0.39 is 61.5 Å². The van der Waals surface area contributed by atoms with Crippen LogP contribution in [0.3, 0.4) is 0 Å². The van der Waals surface area contributed by atoms with E-state index in [0.717, 1.165) is 44.9 Å². The van der Waals surface area contributed by atoms with Gasteiger partial charge in [-0.2, -0.15) is 0 Å². The monoisotopic (exact) mass is 740 g/mol. The minimum atomic E-state index is -1.62. The standard InChI is InChI=1S/C42H77NO9/c1-3-5-7-9-11-13-15-17-18-19-21-23-25-27-29-31-36(46)41(50)43-34(33-51-42-40(49)39(48)38(47)37(32-44)52-42)35(45)30-28-26-24-22-20-16-14-12-10-8-6-4-2/h18-20,22,28,30,34-40,42,44-49H,3-17,21,23-27,29,31-33H2,1-2H3,(H,43,50)/b19-18-,22-20+,30-28+. The number of aliphatic hydroxyl groups is 6. The van der Waals surface area contributed by atoms with Crippen molar-refractivity contribution in [1.29, 1.82) is 0 Å². The molecule has 0 radical (unpaired) electrons. The highest BCUT2D eigenvalue weighted by Gasteiger charge is 2.44. The maximum atomic E-state index is 13.0. The van der Waals surface area contributed by atoms with E-state index in [1.807, 2.05) is 6.08 Å². The zero-order valence-corrected chi connectivity index (χ0v) is 32.7. The van der Waals surface area contributed by atoms with Crippen LogP contribution in [0.5, 0.6) is 0 Å². The first kappa shape index (κ1) is 48.4. The number of nitrogens with one attached hydrogen (secondary N) is 1. The summed E-state index contributed by atoms with van der Waals surface area (Å²) in [6, 6.07) is -0.998. The van der Waals surface area contributed by atoms with Gasteiger partial charge >= 0.3 is 0 Å². The third kappa shape index (κ3) is 23.2. The summed E-state index contributed by atoms with van der Waals surface area (Å²) in [7, 11) is 0. The molecule has 1 aliphatic heterocycles. The van der Waals surface area contributed by atoms with E-state index in [4.69, 9.17) is 9.47 Å². The molecule has 1 rings (SSSR count). The molecule has 0 aromatic heterocycles. The lowest BCUT2D eigenvalue weighted by Gasteiger charge is -2.40. The van der Waals surface area contributed by atoms with Crippen molar-refractivity contribution in [3.63, 3.8) is 0 Å². The highest BCUT2D eigenvalue weighted by molar-refractivity contribution is 5.80. The number of aliphatic hydroxyl groups excluding tert-OH is 6. The largest absolute Gasteiger partial charge is 0.394 e. The second-order valence-corrected chi connectivity index (χ2v) is 14.6. The van der Waals surface area contributed by atoms with Crippen LogP contribution >= 0.6 is 0 Å². The molecule has 7 N–H and O–H groups in total. The van der Waals surface area contributed by atoms with Crippen LogP contribution in [-0.4, -0.2) is 98.7 Å². The molecule has 52 heavy (non-hydrogen) atoms. The zero-order chi connectivity index (χ0) is 38.2. The first-order chi connectivity index (χ1) is 25.3. The fourth-order valence-corrected chi connectivity index (χ4v) is 6.29. The second-order valence-electron chi connectivity index (χ2n) is 14.6. The Labute approximate surface area is 315 Å². The van der Waals surface area contributed by atoms with Crippen molar-refractivity contribution < 1.29 is 44.9 Å². The topological polar surface area (TPSA) is 169 Å². The molecule has 0 aromatic rings. The number of hydrogen-bond donors (Lipinski definition) is 7. The highest BCUT2D eigenvalue weighted by Crippen LogP contribution is 2.22. The lowest BCUT2D eigenvalue weighted by Crippen LogP contribution is -2.60. The van der Waals surface area contributed by atoms with Gasteiger partial charge in [0.2, 0.25) is 5.91 Å². The van der Waals surface area contributed by atoms with Crippen LogP contribution in [0, 0.1) is 0 Å². The van der Waals surface area contributed by atoms with E-state index in [-0.39, 0.29) is 13.0 Å². The van der Waals surface area contributed by atoms with Crippen LogP contribution in [0.2, 0.25) is 0 Å². The molecule has 0 saturated carbocycles. The molecule has 1 amide bonds. The van der Waals surface area contributed by atoms with Crippen LogP contribution < -0.4 is 5.32 Å². The molecule has 1 fully saturated rings. The van der Waals surface area contributed by atoms with Crippen molar-refractivity contribution >= 4 is 5.91 Å². The van der Waals surface area contributed by atoms with Gasteiger partial charge in [0.25, 0.3) is 0 Å². The number of unbranched alkanes of at least 4 members (excludes halogenated alkanes) is 18. The minimum Gasteiger partial charge on any atom is -0.394 e. The van der Waals surface area contributed by atoms with Gasteiger partial charge in [-0.25, -0.2) is 0 Å². The lowest BCUT2D eigenvalue weighted by molar-refractivity contribution is -0.302. The number of allylic oxidation sites excluding steroid dienone is 5. The fraction of sp³-hybridized carbons (Fsp3) is 0.833. The summed E-state index contributed by atoms with van der Waals surface area (Å²) in [5.74, 6) is -0.638. The maximum Gasteiger partial charge on any atom is 0.249 e. The summed E-state index contributed by atoms with van der Waals surface area (Å²) in [4.78, 5) is 13.0. The second kappa shape index (κ2) is 32.8. The van der Waals surface area contributed by atoms with Crippen LogP contribution in [0.15, 0.2) is 36.5 Å². The third-order valence-electron chi connectivity index (χ3n) is 9.79. The van der Waals surface area contributed by atoms with E-state index in [9.17, 15) is 35.4 Å². The fourth-order valence-electron chi connectivity index (χ4n) is 6.29. The predicted molar refractivity (Wildman–Crippen MR) is 209 cm³/mol. The molecule has 10 nitrogen and oxygen atoms in total. The quantitative estimate of drug-likeness (QED) is 0.0287. The van der Waals surface area contributed by atoms with Gasteiger partial charge in [0.05, 0.1) is 25.4 Å². The molecular formula is C42H77NO9. The maximum absolute atomic E-state index is 13.0. The minimum absolute atomic E-state index is 0.289. The molecule has 1 saturated heterocycles. The van der Waals surface area contributed by atoms with E-state index in [2.05, 4.69) is 43.5 Å². The van der Waals surface area contributed by atoms with Gasteiger partial charge in [0, 0.05) is 0 Å². The Kier molecular flexibility index (Phi) is 30.5. The summed E-state index contributed by atoms with van der Waals surface area (Å²) in [6.07, 6.45) is 28.1. The van der Waals surface area contributed by atoms with Gasteiger partial charge in [0.15, 0.2) is 6.29 Å². The summed E-state index contributed by atoms with van der Waals surface area (Å²) in [6.45, 7) is 3.53. The first-order valence-electron chi connectivity index (χ1n) is 20.8. The van der Waals surface area contributed by atoms with Crippen LogP contribution in [-0.2, 0) is 14.3 Å². The summed E-state index contributed by atoms with van der Waals surface area (Å²) < 4.78 is 11.1. The van der Waals surface area contributed by atoms with Crippen molar-refractivity contribution in [2.45, 2.75) is 210 Å². The van der Waals surface area contributed by atoms with E-state index in [0.29, 0.717) is 12.8 Å². The molecule has 0 bridgehead atoms. The summed E-state index contributed by atoms with van der Waals surface area (Å²) in [5.41, 5.74) is 0. The van der Waals surface area contributed by atoms with E-state index >= 15 is 0 Å². The molecule has 1 aliphatic rings.